The SMILES string of the molecule is CCOc1ccc(/C=C/C(=O)N2CCCc3cccc(OC)c32)cc1OC. The predicted octanol–water partition coefficient (Wildman–Crippen LogP) is 4.10. The minimum Gasteiger partial charge on any atom is -0.495 e. The molecule has 142 valence electrons. The van der Waals surface area contributed by atoms with E-state index in [1.54, 1.807) is 31.3 Å². The molecule has 1 aliphatic heterocycles. The fourth-order valence-electron chi connectivity index (χ4n) is 3.32. The molecule has 1 heterocycles. The predicted molar refractivity (Wildman–Crippen MR) is 107 cm³/mol. The number of rotatable bonds is 6. The third kappa shape index (κ3) is 4.08. The van der Waals surface area contributed by atoms with Gasteiger partial charge in [0.2, 0.25) is 0 Å². The standard InChI is InChI=1S/C22H25NO4/c1-4-27-18-12-10-16(15-20(18)26-3)11-13-21(24)23-14-6-8-17-7-5-9-19(25-2)22(17)23/h5,7,9-13,15H,4,6,8,14H2,1-3H3/b13-11+. The second-order valence-electron chi connectivity index (χ2n) is 6.24. The minimum atomic E-state index is -0.0618. The molecule has 1 amide bonds. The Morgan fingerprint density at radius 2 is 1.93 bits per heavy atom. The summed E-state index contributed by atoms with van der Waals surface area (Å²) in [7, 11) is 3.24. The zero-order valence-corrected chi connectivity index (χ0v) is 16.0. The van der Waals surface area contributed by atoms with E-state index in [4.69, 9.17) is 14.2 Å². The lowest BCUT2D eigenvalue weighted by Gasteiger charge is -2.30. The van der Waals surface area contributed by atoms with E-state index < -0.39 is 0 Å². The summed E-state index contributed by atoms with van der Waals surface area (Å²) in [5, 5.41) is 0. The summed E-state index contributed by atoms with van der Waals surface area (Å²) in [6, 6.07) is 11.5. The zero-order valence-electron chi connectivity index (χ0n) is 16.0. The fourth-order valence-corrected chi connectivity index (χ4v) is 3.32. The number of anilines is 1. The summed E-state index contributed by atoms with van der Waals surface area (Å²) in [5.74, 6) is 2.01. The number of methoxy groups -OCH3 is 2. The van der Waals surface area contributed by atoms with E-state index in [2.05, 4.69) is 6.07 Å². The van der Waals surface area contributed by atoms with Gasteiger partial charge in [0.05, 0.1) is 26.5 Å². The molecule has 2 aromatic carbocycles. The van der Waals surface area contributed by atoms with Crippen molar-refractivity contribution in [3.63, 3.8) is 0 Å². The molecule has 0 bridgehead atoms. The van der Waals surface area contributed by atoms with E-state index in [-0.39, 0.29) is 5.91 Å². The Balaban J connectivity index is 1.83. The quantitative estimate of drug-likeness (QED) is 0.722. The first kappa shape index (κ1) is 18.8. The second-order valence-corrected chi connectivity index (χ2v) is 6.24. The Morgan fingerprint density at radius 3 is 2.67 bits per heavy atom. The van der Waals surface area contributed by atoms with Crippen molar-refractivity contribution < 1.29 is 19.0 Å². The molecule has 0 aliphatic carbocycles. The van der Waals surface area contributed by atoms with Crippen molar-refractivity contribution in [2.75, 3.05) is 32.3 Å². The van der Waals surface area contributed by atoms with Crippen molar-refractivity contribution in [2.24, 2.45) is 0 Å². The summed E-state index contributed by atoms with van der Waals surface area (Å²) in [4.78, 5) is 14.6. The molecule has 0 atom stereocenters. The summed E-state index contributed by atoms with van der Waals surface area (Å²) < 4.78 is 16.4. The molecule has 5 heteroatoms. The Morgan fingerprint density at radius 1 is 1.11 bits per heavy atom. The van der Waals surface area contributed by atoms with Gasteiger partial charge < -0.3 is 19.1 Å². The molecule has 3 rings (SSSR count). The molecule has 0 unspecified atom stereocenters. The monoisotopic (exact) mass is 367 g/mol. The molecule has 27 heavy (non-hydrogen) atoms. The maximum atomic E-state index is 12.9. The van der Waals surface area contributed by atoms with Gasteiger partial charge in [-0.2, -0.15) is 0 Å². The number of amides is 1. The normalized spacial score (nSPS) is 13.4. The number of hydrogen-bond donors (Lipinski definition) is 0. The highest BCUT2D eigenvalue weighted by molar-refractivity contribution is 6.05. The molecule has 0 aromatic heterocycles. The summed E-state index contributed by atoms with van der Waals surface area (Å²) in [6.07, 6.45) is 5.29. The van der Waals surface area contributed by atoms with E-state index >= 15 is 0 Å². The molecule has 0 N–H and O–H groups in total. The summed E-state index contributed by atoms with van der Waals surface area (Å²) in [6.45, 7) is 3.18. The summed E-state index contributed by atoms with van der Waals surface area (Å²) >= 11 is 0. The molecule has 0 spiro atoms. The van der Waals surface area contributed by atoms with Crippen molar-refractivity contribution in [3.05, 3.63) is 53.6 Å². The zero-order chi connectivity index (χ0) is 19.2. The lowest BCUT2D eigenvalue weighted by molar-refractivity contribution is -0.114. The van der Waals surface area contributed by atoms with Crippen LogP contribution < -0.4 is 19.1 Å². The first-order chi connectivity index (χ1) is 13.2. The average Bonchev–Trinajstić information content (AvgIpc) is 2.71. The highest BCUT2D eigenvalue weighted by atomic mass is 16.5. The Kier molecular flexibility index (Phi) is 6.01. The van der Waals surface area contributed by atoms with Crippen LogP contribution in [0.5, 0.6) is 17.2 Å². The number of fused-ring (bicyclic) bond motifs is 1. The fraction of sp³-hybridized carbons (Fsp3) is 0.318. The van der Waals surface area contributed by atoms with Gasteiger partial charge in [0, 0.05) is 12.6 Å². The molecular weight excluding hydrogens is 342 g/mol. The van der Waals surface area contributed by atoms with Crippen molar-refractivity contribution in [1.29, 1.82) is 0 Å². The van der Waals surface area contributed by atoms with Gasteiger partial charge in [-0.05, 0) is 55.2 Å². The molecule has 0 radical (unpaired) electrons. The molecule has 0 saturated carbocycles. The van der Waals surface area contributed by atoms with Crippen LogP contribution in [0.4, 0.5) is 5.69 Å². The van der Waals surface area contributed by atoms with Gasteiger partial charge in [-0.15, -0.1) is 0 Å². The largest absolute Gasteiger partial charge is 0.495 e. The van der Waals surface area contributed by atoms with Gasteiger partial charge in [0.15, 0.2) is 11.5 Å². The number of para-hydroxylation sites is 1. The van der Waals surface area contributed by atoms with Gasteiger partial charge >= 0.3 is 0 Å². The van der Waals surface area contributed by atoms with Crippen LogP contribution in [0.2, 0.25) is 0 Å². The highest BCUT2D eigenvalue weighted by Crippen LogP contribution is 2.36. The number of hydrogen-bond acceptors (Lipinski definition) is 4. The van der Waals surface area contributed by atoms with Gasteiger partial charge in [-0.3, -0.25) is 4.79 Å². The van der Waals surface area contributed by atoms with Crippen molar-refractivity contribution in [3.8, 4) is 17.2 Å². The Labute approximate surface area is 160 Å². The van der Waals surface area contributed by atoms with Crippen LogP contribution in [0.3, 0.4) is 0 Å². The van der Waals surface area contributed by atoms with Gasteiger partial charge in [0.1, 0.15) is 5.75 Å². The third-order valence-electron chi connectivity index (χ3n) is 4.57. The maximum Gasteiger partial charge on any atom is 0.251 e. The number of carbonyl (C=O) groups is 1. The first-order valence-electron chi connectivity index (χ1n) is 9.14. The van der Waals surface area contributed by atoms with Crippen LogP contribution in [0, 0.1) is 0 Å². The number of carbonyl (C=O) groups excluding carboxylic acids is 1. The first-order valence-corrected chi connectivity index (χ1v) is 9.14. The topological polar surface area (TPSA) is 48.0 Å². The molecule has 2 aromatic rings. The van der Waals surface area contributed by atoms with Gasteiger partial charge in [-0.1, -0.05) is 18.2 Å². The maximum absolute atomic E-state index is 12.9. The van der Waals surface area contributed by atoms with Crippen LogP contribution in [-0.4, -0.2) is 33.3 Å². The van der Waals surface area contributed by atoms with Crippen LogP contribution in [-0.2, 0) is 11.2 Å². The lowest BCUT2D eigenvalue weighted by atomic mass is 10.0. The van der Waals surface area contributed by atoms with Crippen LogP contribution >= 0.6 is 0 Å². The van der Waals surface area contributed by atoms with Crippen LogP contribution in [0.15, 0.2) is 42.5 Å². The Hall–Kier alpha value is -2.95. The van der Waals surface area contributed by atoms with Crippen molar-refractivity contribution >= 4 is 17.7 Å². The van der Waals surface area contributed by atoms with Crippen LogP contribution in [0.1, 0.15) is 24.5 Å². The van der Waals surface area contributed by atoms with E-state index in [1.807, 2.05) is 37.3 Å². The molecule has 0 fully saturated rings. The minimum absolute atomic E-state index is 0.0618. The van der Waals surface area contributed by atoms with E-state index in [0.29, 0.717) is 24.7 Å². The average molecular weight is 367 g/mol. The van der Waals surface area contributed by atoms with Crippen LogP contribution in [0.25, 0.3) is 6.08 Å². The van der Waals surface area contributed by atoms with E-state index in [1.165, 1.54) is 0 Å². The van der Waals surface area contributed by atoms with Gasteiger partial charge in [0.25, 0.3) is 5.91 Å². The molecule has 0 saturated heterocycles. The van der Waals surface area contributed by atoms with E-state index in [9.17, 15) is 4.79 Å². The Bertz CT molecular complexity index is 830. The van der Waals surface area contributed by atoms with E-state index in [0.717, 1.165) is 35.4 Å². The van der Waals surface area contributed by atoms with Crippen molar-refractivity contribution in [1.82, 2.24) is 0 Å². The lowest BCUT2D eigenvalue weighted by Crippen LogP contribution is -2.34. The number of benzene rings is 2. The van der Waals surface area contributed by atoms with Gasteiger partial charge in [-0.25, -0.2) is 0 Å². The molecule has 5 nitrogen and oxygen atoms in total. The number of ether oxygens (including phenoxy) is 3. The molecule has 1 aliphatic rings. The number of nitrogens with zero attached hydrogens (tertiary/aromatic N) is 1. The molecular formula is C22H25NO4. The smallest absolute Gasteiger partial charge is 0.251 e. The van der Waals surface area contributed by atoms with Crippen molar-refractivity contribution in [2.45, 2.75) is 19.8 Å². The summed E-state index contributed by atoms with van der Waals surface area (Å²) in [5.41, 5.74) is 2.90. The third-order valence-corrected chi connectivity index (χ3v) is 4.57. The second kappa shape index (κ2) is 8.62. The highest BCUT2D eigenvalue weighted by Gasteiger charge is 2.24. The number of aryl methyl sites for hydroxylation is 1.